The van der Waals surface area contributed by atoms with Crippen LogP contribution in [0.5, 0.6) is 0 Å². The van der Waals surface area contributed by atoms with Crippen LogP contribution in [0.1, 0.15) is 5.69 Å². The third-order valence-corrected chi connectivity index (χ3v) is 0.641. The highest BCUT2D eigenvalue weighted by Crippen LogP contribution is 1.96. The van der Waals surface area contributed by atoms with Crippen molar-refractivity contribution in [3.63, 3.8) is 0 Å². The van der Waals surface area contributed by atoms with E-state index in [-0.39, 0.29) is 5.82 Å². The fraction of sp³-hybridized carbons (Fsp3) is 0.250. The Morgan fingerprint density at radius 3 is 2.71 bits per heavy atom. The molecular formula is C4H5N3. The average Bonchev–Trinajstić information content (AvgIpc) is 1.87. The van der Waals surface area contributed by atoms with Gasteiger partial charge in [-0.3, -0.25) is 10.8 Å². The van der Waals surface area contributed by atoms with Crippen LogP contribution in [0.4, 0.5) is 5.82 Å². The highest BCUT2D eigenvalue weighted by Gasteiger charge is 1.87. The Morgan fingerprint density at radius 1 is 1.86 bits per heavy atom. The molecule has 0 amide bonds. The van der Waals surface area contributed by atoms with E-state index in [1.807, 2.05) is 6.92 Å². The molecule has 0 atom stereocenters. The molecule has 0 bridgehead atoms. The van der Waals surface area contributed by atoms with Crippen LogP contribution in [0, 0.1) is 13.0 Å². The van der Waals surface area contributed by atoms with Gasteiger partial charge in [0.05, 0.1) is 6.07 Å². The molecule has 0 fully saturated rings. The Bertz CT molecular complexity index is 139. The summed E-state index contributed by atoms with van der Waals surface area (Å²) in [5, 5.41) is 6.08. The van der Waals surface area contributed by atoms with Crippen molar-refractivity contribution >= 4 is 5.82 Å². The van der Waals surface area contributed by atoms with Crippen LogP contribution in [-0.2, 0) is 0 Å². The maximum Gasteiger partial charge on any atom is 0.174 e. The van der Waals surface area contributed by atoms with Gasteiger partial charge in [-0.2, -0.15) is 5.10 Å². The van der Waals surface area contributed by atoms with Crippen molar-refractivity contribution in [1.82, 2.24) is 15.9 Å². The minimum atomic E-state index is 0.178. The van der Waals surface area contributed by atoms with E-state index in [9.17, 15) is 0 Å². The van der Waals surface area contributed by atoms with Gasteiger partial charge in [0, 0.05) is 5.69 Å². The van der Waals surface area contributed by atoms with Crippen LogP contribution in [0.25, 0.3) is 0 Å². The first-order chi connectivity index (χ1) is 3.29. The maximum atomic E-state index is 6.82. The van der Waals surface area contributed by atoms with Crippen molar-refractivity contribution in [2.24, 2.45) is 0 Å². The molecule has 0 aromatic carbocycles. The summed E-state index contributed by atoms with van der Waals surface area (Å²) < 4.78 is 0. The molecule has 1 aromatic heterocycles. The van der Waals surface area contributed by atoms with Crippen LogP contribution in [0.2, 0.25) is 0 Å². The minimum absolute atomic E-state index is 0.178. The average molecular weight is 95.1 g/mol. The molecule has 1 heterocycles. The summed E-state index contributed by atoms with van der Waals surface area (Å²) in [5.74, 6) is 0.178. The Balaban J connectivity index is 3.04. The number of nitrogens with zero attached hydrogens (tertiary/aromatic N) is 1. The van der Waals surface area contributed by atoms with E-state index in [4.69, 9.17) is 5.73 Å². The molecule has 2 radical (unpaired) electrons. The number of rotatable bonds is 0. The maximum absolute atomic E-state index is 6.82. The van der Waals surface area contributed by atoms with E-state index in [2.05, 4.69) is 16.3 Å². The molecule has 0 aliphatic rings. The van der Waals surface area contributed by atoms with Crippen molar-refractivity contribution < 1.29 is 0 Å². The lowest BCUT2D eigenvalue weighted by Gasteiger charge is -1.66. The summed E-state index contributed by atoms with van der Waals surface area (Å²) in [6, 6.07) is 2.64. The van der Waals surface area contributed by atoms with E-state index in [1.54, 1.807) is 0 Å². The normalized spacial score (nSPS) is 9.29. The Kier molecular flexibility index (Phi) is 0.749. The van der Waals surface area contributed by atoms with Gasteiger partial charge in [0.15, 0.2) is 5.82 Å². The van der Waals surface area contributed by atoms with Gasteiger partial charge in [-0.05, 0) is 6.92 Å². The number of aromatic nitrogens is 2. The van der Waals surface area contributed by atoms with Crippen molar-refractivity contribution in [3.8, 4) is 0 Å². The van der Waals surface area contributed by atoms with Gasteiger partial charge in [-0.1, -0.05) is 0 Å². The molecular weight excluding hydrogens is 90.1 g/mol. The van der Waals surface area contributed by atoms with E-state index in [0.29, 0.717) is 0 Å². The summed E-state index contributed by atoms with van der Waals surface area (Å²) in [6.45, 7) is 1.81. The monoisotopic (exact) mass is 95.0 g/mol. The number of hydrogen-bond acceptors (Lipinski definition) is 1. The van der Waals surface area contributed by atoms with Crippen LogP contribution >= 0.6 is 0 Å². The molecule has 0 saturated carbocycles. The molecule has 3 nitrogen and oxygen atoms in total. The largest absolute Gasteiger partial charge is 0.281 e. The Labute approximate surface area is 41.5 Å². The zero-order valence-corrected chi connectivity index (χ0v) is 3.95. The lowest BCUT2D eigenvalue weighted by Crippen LogP contribution is -1.67. The molecule has 7 heavy (non-hydrogen) atoms. The highest BCUT2D eigenvalue weighted by molar-refractivity contribution is 5.20. The second-order valence-electron chi connectivity index (χ2n) is 1.32. The number of nitrogens with one attached hydrogen (secondary N) is 2. The van der Waals surface area contributed by atoms with E-state index in [0.717, 1.165) is 5.69 Å². The second kappa shape index (κ2) is 1.26. The third-order valence-electron chi connectivity index (χ3n) is 0.641. The lowest BCUT2D eigenvalue weighted by molar-refractivity contribution is 1.04. The van der Waals surface area contributed by atoms with Crippen molar-refractivity contribution in [3.05, 3.63) is 11.8 Å². The summed E-state index contributed by atoms with van der Waals surface area (Å²) in [5.41, 5.74) is 7.63. The van der Waals surface area contributed by atoms with Crippen molar-refractivity contribution in [1.29, 1.82) is 0 Å². The van der Waals surface area contributed by atoms with Crippen LogP contribution in [0.3, 0.4) is 0 Å². The molecule has 1 aromatic rings. The number of H-pyrrole nitrogens is 1. The van der Waals surface area contributed by atoms with Gasteiger partial charge in [-0.15, -0.1) is 0 Å². The summed E-state index contributed by atoms with van der Waals surface area (Å²) >= 11 is 0. The predicted molar refractivity (Wildman–Crippen MR) is 24.9 cm³/mol. The van der Waals surface area contributed by atoms with Crippen LogP contribution in [0.15, 0.2) is 0 Å². The molecule has 0 unspecified atom stereocenters. The lowest BCUT2D eigenvalue weighted by atomic mass is 10.5. The number of aromatic amines is 1. The molecule has 0 spiro atoms. The van der Waals surface area contributed by atoms with Gasteiger partial charge in [-0.25, -0.2) is 0 Å². The smallest absolute Gasteiger partial charge is 0.174 e. The summed E-state index contributed by atoms with van der Waals surface area (Å²) in [4.78, 5) is 0. The van der Waals surface area contributed by atoms with Crippen LogP contribution in [-0.4, -0.2) is 10.2 Å². The molecule has 1 rings (SSSR count). The molecule has 3 heteroatoms. The van der Waals surface area contributed by atoms with Crippen molar-refractivity contribution in [2.75, 3.05) is 0 Å². The van der Waals surface area contributed by atoms with Gasteiger partial charge >= 0.3 is 0 Å². The fourth-order valence-electron chi connectivity index (χ4n) is 0.373. The fourth-order valence-corrected chi connectivity index (χ4v) is 0.373. The van der Waals surface area contributed by atoms with Gasteiger partial charge in [0.2, 0.25) is 0 Å². The topological polar surface area (TPSA) is 52.5 Å². The summed E-state index contributed by atoms with van der Waals surface area (Å²) in [6.07, 6.45) is 0. The summed E-state index contributed by atoms with van der Waals surface area (Å²) in [7, 11) is 0. The predicted octanol–water partition coefficient (Wildman–Crippen LogP) is 0.433. The zero-order chi connectivity index (χ0) is 5.28. The molecule has 2 N–H and O–H groups in total. The number of aryl methyl sites for hydroxylation is 1. The molecule has 0 aliphatic heterocycles. The second-order valence-corrected chi connectivity index (χ2v) is 1.32. The van der Waals surface area contributed by atoms with Crippen LogP contribution < -0.4 is 5.73 Å². The SMILES string of the molecule is Cc1[c]c([NH])n[nH]1. The Morgan fingerprint density at radius 2 is 2.57 bits per heavy atom. The Hall–Kier alpha value is -0.990. The first-order valence-corrected chi connectivity index (χ1v) is 1.95. The molecule has 0 saturated heterocycles. The van der Waals surface area contributed by atoms with Crippen molar-refractivity contribution in [2.45, 2.75) is 6.92 Å². The van der Waals surface area contributed by atoms with E-state index in [1.165, 1.54) is 0 Å². The van der Waals surface area contributed by atoms with Gasteiger partial charge < -0.3 is 0 Å². The quantitative estimate of drug-likeness (QED) is 0.499. The van der Waals surface area contributed by atoms with E-state index >= 15 is 0 Å². The molecule has 36 valence electrons. The standard InChI is InChI=1S/C4H5N3/c1-3-2-4(5)7-6-3/h5H,1H3,(H,6,7). The first kappa shape index (κ1) is 4.18. The minimum Gasteiger partial charge on any atom is -0.281 e. The number of hydrogen-bond donors (Lipinski definition) is 1. The molecule has 0 aliphatic carbocycles. The first-order valence-electron chi connectivity index (χ1n) is 1.95. The highest BCUT2D eigenvalue weighted by atomic mass is 15.1. The van der Waals surface area contributed by atoms with E-state index < -0.39 is 0 Å². The van der Waals surface area contributed by atoms with Gasteiger partial charge in [0.25, 0.3) is 0 Å². The third kappa shape index (κ3) is 0.707. The zero-order valence-electron chi connectivity index (χ0n) is 3.95. The van der Waals surface area contributed by atoms with Gasteiger partial charge in [0.1, 0.15) is 0 Å².